The summed E-state index contributed by atoms with van der Waals surface area (Å²) in [6, 6.07) is 9.11. The van der Waals surface area contributed by atoms with Gasteiger partial charge < -0.3 is 13.9 Å². The normalized spacial score (nSPS) is 11.6. The van der Waals surface area contributed by atoms with E-state index in [2.05, 4.69) is 4.98 Å². The lowest BCUT2D eigenvalue weighted by molar-refractivity contribution is 0.282. The number of rotatable bonds is 3. The second kappa shape index (κ2) is 4.50. The summed E-state index contributed by atoms with van der Waals surface area (Å²) >= 11 is 0. The van der Waals surface area contributed by atoms with Crippen molar-refractivity contribution in [2.45, 2.75) is 6.61 Å². The molecule has 2 aromatic heterocycles. The minimum Gasteiger partial charge on any atom is -0.465 e. The van der Waals surface area contributed by atoms with Crippen molar-refractivity contribution in [2.75, 3.05) is 0 Å². The highest BCUT2D eigenvalue weighted by Crippen LogP contribution is 2.19. The molecule has 0 radical (unpaired) electrons. The first-order valence-corrected chi connectivity index (χ1v) is 5.57. The van der Waals surface area contributed by atoms with Crippen LogP contribution in [0.2, 0.25) is 0 Å². The molecule has 4 heteroatoms. The highest BCUT2D eigenvalue weighted by Gasteiger charge is 2.04. The van der Waals surface area contributed by atoms with Crippen molar-refractivity contribution < 1.29 is 13.9 Å². The van der Waals surface area contributed by atoms with Crippen molar-refractivity contribution >= 4 is 23.3 Å². The quantitative estimate of drug-likeness (QED) is 0.765. The molecule has 0 saturated heterocycles. The van der Waals surface area contributed by atoms with Gasteiger partial charge in [-0.2, -0.15) is 0 Å². The van der Waals surface area contributed by atoms with Gasteiger partial charge in [-0.25, -0.2) is 4.98 Å². The Morgan fingerprint density at radius 3 is 2.94 bits per heavy atom. The monoisotopic (exact) mass is 241 g/mol. The van der Waals surface area contributed by atoms with Crippen LogP contribution in [0.15, 0.2) is 45.4 Å². The maximum Gasteiger partial charge on any atom is 0.220 e. The zero-order chi connectivity index (χ0) is 12.4. The number of aliphatic hydroxyl groups is 1. The smallest absolute Gasteiger partial charge is 0.220 e. The largest absolute Gasteiger partial charge is 0.465 e. The van der Waals surface area contributed by atoms with Crippen molar-refractivity contribution in [3.8, 4) is 0 Å². The Morgan fingerprint density at radius 2 is 2.17 bits per heavy atom. The van der Waals surface area contributed by atoms with Gasteiger partial charge in [0, 0.05) is 6.08 Å². The molecule has 2 heterocycles. The van der Waals surface area contributed by atoms with Crippen molar-refractivity contribution in [1.82, 2.24) is 4.98 Å². The molecule has 0 saturated carbocycles. The number of hydrogen-bond donors (Lipinski definition) is 1. The molecule has 4 nitrogen and oxygen atoms in total. The highest BCUT2D eigenvalue weighted by atomic mass is 16.3. The van der Waals surface area contributed by atoms with Crippen LogP contribution in [0.4, 0.5) is 0 Å². The van der Waals surface area contributed by atoms with Crippen LogP contribution in [-0.2, 0) is 6.61 Å². The average molecular weight is 241 g/mol. The molecule has 0 aliphatic heterocycles. The van der Waals surface area contributed by atoms with Crippen molar-refractivity contribution in [3.63, 3.8) is 0 Å². The minimum atomic E-state index is -0.00575. The van der Waals surface area contributed by atoms with Gasteiger partial charge in [-0.15, -0.1) is 0 Å². The molecular weight excluding hydrogens is 230 g/mol. The molecule has 0 aliphatic carbocycles. The highest BCUT2D eigenvalue weighted by molar-refractivity contribution is 5.76. The maximum atomic E-state index is 9.04. The molecular formula is C14H11NO3. The summed E-state index contributed by atoms with van der Waals surface area (Å²) in [6.45, 7) is -0.00575. The SMILES string of the molecule is OCc1ccc2nc(/C=C\c3ccco3)oc2c1. The molecule has 18 heavy (non-hydrogen) atoms. The molecule has 1 N–H and O–H groups in total. The number of oxazole rings is 1. The fraction of sp³-hybridized carbons (Fsp3) is 0.0714. The van der Waals surface area contributed by atoms with Crippen LogP contribution >= 0.6 is 0 Å². The van der Waals surface area contributed by atoms with Crippen molar-refractivity contribution in [2.24, 2.45) is 0 Å². The van der Waals surface area contributed by atoms with E-state index in [1.807, 2.05) is 24.3 Å². The van der Waals surface area contributed by atoms with E-state index in [9.17, 15) is 0 Å². The standard InChI is InChI=1S/C14H11NO3/c16-9-10-3-5-12-13(8-10)18-14(15-12)6-4-11-2-1-7-17-11/h1-8,16H,9H2/b6-4-. The molecule has 0 unspecified atom stereocenters. The van der Waals surface area contributed by atoms with Gasteiger partial charge in [0.05, 0.1) is 12.9 Å². The van der Waals surface area contributed by atoms with Gasteiger partial charge in [0.15, 0.2) is 5.58 Å². The topological polar surface area (TPSA) is 59.4 Å². The van der Waals surface area contributed by atoms with Gasteiger partial charge in [-0.3, -0.25) is 0 Å². The second-order valence-electron chi connectivity index (χ2n) is 3.86. The zero-order valence-electron chi connectivity index (χ0n) is 9.54. The van der Waals surface area contributed by atoms with Crippen molar-refractivity contribution in [1.29, 1.82) is 0 Å². The van der Waals surface area contributed by atoms with E-state index in [1.54, 1.807) is 24.5 Å². The average Bonchev–Trinajstić information content (AvgIpc) is 3.04. The summed E-state index contributed by atoms with van der Waals surface area (Å²) in [5.74, 6) is 1.25. The lowest BCUT2D eigenvalue weighted by atomic mass is 10.2. The third-order valence-corrected chi connectivity index (χ3v) is 2.59. The van der Waals surface area contributed by atoms with Crippen LogP contribution in [0.3, 0.4) is 0 Å². The maximum absolute atomic E-state index is 9.04. The van der Waals surface area contributed by atoms with Crippen LogP contribution in [0.25, 0.3) is 23.3 Å². The molecule has 3 rings (SSSR count). The third kappa shape index (κ3) is 2.06. The fourth-order valence-electron chi connectivity index (χ4n) is 1.70. The Hall–Kier alpha value is -2.33. The van der Waals surface area contributed by atoms with E-state index in [0.717, 1.165) is 16.8 Å². The molecule has 3 aromatic rings. The molecule has 1 aromatic carbocycles. The van der Waals surface area contributed by atoms with Gasteiger partial charge in [-0.05, 0) is 35.9 Å². The van der Waals surface area contributed by atoms with Gasteiger partial charge in [0.2, 0.25) is 5.89 Å². The van der Waals surface area contributed by atoms with E-state index in [-0.39, 0.29) is 6.61 Å². The Balaban J connectivity index is 1.93. The van der Waals surface area contributed by atoms with E-state index < -0.39 is 0 Å². The number of nitrogens with zero attached hydrogens (tertiary/aromatic N) is 1. The van der Waals surface area contributed by atoms with Crippen molar-refractivity contribution in [3.05, 3.63) is 53.8 Å². The van der Waals surface area contributed by atoms with Crippen LogP contribution in [0.5, 0.6) is 0 Å². The number of hydrogen-bond acceptors (Lipinski definition) is 4. The predicted octanol–water partition coefficient (Wildman–Crippen LogP) is 3.08. The summed E-state index contributed by atoms with van der Waals surface area (Å²) in [7, 11) is 0. The fourth-order valence-corrected chi connectivity index (χ4v) is 1.70. The second-order valence-corrected chi connectivity index (χ2v) is 3.86. The first-order valence-electron chi connectivity index (χ1n) is 5.57. The Kier molecular flexibility index (Phi) is 2.70. The first kappa shape index (κ1) is 10.8. The number of fused-ring (bicyclic) bond motifs is 1. The van der Waals surface area contributed by atoms with Gasteiger partial charge in [-0.1, -0.05) is 6.07 Å². The van der Waals surface area contributed by atoms with E-state index in [0.29, 0.717) is 11.5 Å². The van der Waals surface area contributed by atoms with E-state index in [4.69, 9.17) is 13.9 Å². The Labute approximate surface area is 103 Å². The zero-order valence-corrected chi connectivity index (χ0v) is 9.54. The van der Waals surface area contributed by atoms with Gasteiger partial charge >= 0.3 is 0 Å². The molecule has 90 valence electrons. The summed E-state index contributed by atoms with van der Waals surface area (Å²) < 4.78 is 10.7. The molecule has 0 aliphatic rings. The molecule has 0 amide bonds. The third-order valence-electron chi connectivity index (χ3n) is 2.59. The molecule has 0 bridgehead atoms. The first-order chi connectivity index (χ1) is 8.85. The van der Waals surface area contributed by atoms with E-state index >= 15 is 0 Å². The van der Waals surface area contributed by atoms with Crippen LogP contribution < -0.4 is 0 Å². The Bertz CT molecular complexity index is 680. The summed E-state index contributed by atoms with van der Waals surface area (Å²) in [6.07, 6.45) is 5.15. The van der Waals surface area contributed by atoms with Gasteiger partial charge in [0.1, 0.15) is 11.3 Å². The lowest BCUT2D eigenvalue weighted by Crippen LogP contribution is -1.80. The molecule has 0 fully saturated rings. The lowest BCUT2D eigenvalue weighted by Gasteiger charge is -1.92. The predicted molar refractivity (Wildman–Crippen MR) is 67.6 cm³/mol. The summed E-state index contributed by atoms with van der Waals surface area (Å²) in [5.41, 5.74) is 2.24. The number of aromatic nitrogens is 1. The van der Waals surface area contributed by atoms with E-state index in [1.165, 1.54) is 0 Å². The molecule has 0 spiro atoms. The summed E-state index contributed by atoms with van der Waals surface area (Å²) in [5, 5.41) is 9.04. The number of aliphatic hydroxyl groups excluding tert-OH is 1. The van der Waals surface area contributed by atoms with Crippen LogP contribution in [-0.4, -0.2) is 10.1 Å². The minimum absolute atomic E-state index is 0.00575. The van der Waals surface area contributed by atoms with Gasteiger partial charge in [0.25, 0.3) is 0 Å². The number of furan rings is 1. The Morgan fingerprint density at radius 1 is 1.22 bits per heavy atom. The summed E-state index contributed by atoms with van der Waals surface area (Å²) in [4.78, 5) is 4.31. The number of benzene rings is 1. The van der Waals surface area contributed by atoms with Crippen LogP contribution in [0, 0.1) is 0 Å². The molecule has 0 atom stereocenters. The van der Waals surface area contributed by atoms with Crippen LogP contribution in [0.1, 0.15) is 17.2 Å².